The number of halogens is 1. The summed E-state index contributed by atoms with van der Waals surface area (Å²) in [6.07, 6.45) is 4.73. The maximum atomic E-state index is 10.4. The summed E-state index contributed by atoms with van der Waals surface area (Å²) in [6.45, 7) is 2.95. The highest BCUT2D eigenvalue weighted by atomic mass is 35.5. The lowest BCUT2D eigenvalue weighted by Crippen LogP contribution is -2.35. The summed E-state index contributed by atoms with van der Waals surface area (Å²) < 4.78 is 5.85. The average Bonchev–Trinajstić information content (AvgIpc) is 3.35. The maximum absolute atomic E-state index is 10.4. The molecule has 2 N–H and O–H groups in total. The zero-order valence-corrected chi connectivity index (χ0v) is 17.0. The van der Waals surface area contributed by atoms with Gasteiger partial charge in [-0.2, -0.15) is 0 Å². The molecule has 0 aliphatic heterocycles. The Morgan fingerprint density at radius 1 is 1.15 bits per heavy atom. The molecule has 144 valence electrons. The second-order valence-electron chi connectivity index (χ2n) is 6.99. The van der Waals surface area contributed by atoms with E-state index < -0.39 is 6.10 Å². The van der Waals surface area contributed by atoms with E-state index in [-0.39, 0.29) is 18.5 Å². The monoisotopic (exact) mass is 395 g/mol. The molecular formula is C21H30ClNO2S. The van der Waals surface area contributed by atoms with Crippen molar-refractivity contribution < 1.29 is 9.84 Å². The van der Waals surface area contributed by atoms with Gasteiger partial charge in [-0.25, -0.2) is 0 Å². The number of hydrogen-bond donors (Lipinski definition) is 2. The van der Waals surface area contributed by atoms with Gasteiger partial charge in [0, 0.05) is 17.5 Å². The fourth-order valence-electron chi connectivity index (χ4n) is 3.66. The molecule has 26 heavy (non-hydrogen) atoms. The Bertz CT molecular complexity index is 602. The fourth-order valence-corrected chi connectivity index (χ4v) is 4.55. The van der Waals surface area contributed by atoms with E-state index in [9.17, 15) is 5.11 Å². The van der Waals surface area contributed by atoms with E-state index in [2.05, 4.69) is 35.0 Å². The van der Waals surface area contributed by atoms with Crippen LogP contribution in [0.5, 0.6) is 0 Å². The van der Waals surface area contributed by atoms with Crippen molar-refractivity contribution in [2.75, 3.05) is 13.2 Å². The third kappa shape index (κ3) is 6.07. The molecular weight excluding hydrogens is 366 g/mol. The van der Waals surface area contributed by atoms with Crippen molar-refractivity contribution in [2.45, 2.75) is 50.9 Å². The van der Waals surface area contributed by atoms with Crippen molar-refractivity contribution in [1.82, 2.24) is 5.32 Å². The number of ether oxygens (including phenoxy) is 1. The molecule has 3 nitrogen and oxygen atoms in total. The molecule has 1 fully saturated rings. The normalized spacial score (nSPS) is 18.2. The van der Waals surface area contributed by atoms with Crippen LogP contribution in [-0.4, -0.2) is 24.4 Å². The van der Waals surface area contributed by atoms with Crippen molar-refractivity contribution in [1.29, 1.82) is 0 Å². The summed E-state index contributed by atoms with van der Waals surface area (Å²) >= 11 is 1.81. The summed E-state index contributed by atoms with van der Waals surface area (Å²) in [4.78, 5) is 1.39. The average molecular weight is 396 g/mol. The summed E-state index contributed by atoms with van der Waals surface area (Å²) in [5, 5.41) is 16.1. The van der Waals surface area contributed by atoms with Crippen LogP contribution in [-0.2, 0) is 4.74 Å². The van der Waals surface area contributed by atoms with Crippen molar-refractivity contribution in [2.24, 2.45) is 5.92 Å². The number of thiophene rings is 1. The molecule has 1 saturated carbocycles. The molecule has 1 aromatic carbocycles. The van der Waals surface area contributed by atoms with Crippen molar-refractivity contribution in [3.05, 3.63) is 58.3 Å². The topological polar surface area (TPSA) is 41.5 Å². The van der Waals surface area contributed by atoms with Gasteiger partial charge >= 0.3 is 0 Å². The van der Waals surface area contributed by atoms with E-state index in [1.165, 1.54) is 30.6 Å². The first-order valence-electron chi connectivity index (χ1n) is 9.35. The number of benzene rings is 1. The first-order chi connectivity index (χ1) is 12.2. The minimum atomic E-state index is -0.491. The van der Waals surface area contributed by atoms with Crippen LogP contribution in [0.3, 0.4) is 0 Å². The first-order valence-corrected chi connectivity index (χ1v) is 10.2. The Kier molecular flexibility index (Phi) is 9.09. The van der Waals surface area contributed by atoms with E-state index in [0.717, 1.165) is 5.56 Å². The van der Waals surface area contributed by atoms with Gasteiger partial charge in [0.1, 0.15) is 0 Å². The van der Waals surface area contributed by atoms with Crippen LogP contribution in [0, 0.1) is 5.92 Å². The number of nitrogens with one attached hydrogen (secondary N) is 1. The first kappa shape index (κ1) is 21.4. The number of aliphatic hydroxyl groups is 1. The molecule has 1 aliphatic rings. The SMILES string of the molecule is CC(OCC(O)CNC(c1cccs1)C1CCCC1)c1ccccc1.Cl. The molecule has 1 aliphatic carbocycles. The van der Waals surface area contributed by atoms with Crippen LogP contribution >= 0.6 is 23.7 Å². The second kappa shape index (κ2) is 11.1. The highest BCUT2D eigenvalue weighted by Gasteiger charge is 2.27. The zero-order chi connectivity index (χ0) is 17.5. The maximum Gasteiger partial charge on any atom is 0.0898 e. The van der Waals surface area contributed by atoms with Gasteiger partial charge in [-0.15, -0.1) is 23.7 Å². The van der Waals surface area contributed by atoms with Gasteiger partial charge in [0.25, 0.3) is 0 Å². The number of aliphatic hydroxyl groups excluding tert-OH is 1. The Morgan fingerprint density at radius 2 is 1.88 bits per heavy atom. The van der Waals surface area contributed by atoms with Crippen LogP contribution in [0.1, 0.15) is 55.2 Å². The third-order valence-electron chi connectivity index (χ3n) is 5.10. The molecule has 2 aromatic rings. The molecule has 3 atom stereocenters. The Morgan fingerprint density at radius 3 is 2.54 bits per heavy atom. The Hall–Kier alpha value is -0.910. The van der Waals surface area contributed by atoms with Gasteiger partial charge in [-0.3, -0.25) is 0 Å². The molecule has 5 heteroatoms. The Balaban J connectivity index is 0.00000243. The van der Waals surface area contributed by atoms with Gasteiger partial charge in [-0.05, 0) is 42.7 Å². The summed E-state index contributed by atoms with van der Waals surface area (Å²) in [5.74, 6) is 0.690. The van der Waals surface area contributed by atoms with Crippen LogP contribution in [0.2, 0.25) is 0 Å². The molecule has 3 rings (SSSR count). The molecule has 0 spiro atoms. The van der Waals surface area contributed by atoms with Gasteiger partial charge < -0.3 is 15.2 Å². The molecule has 1 heterocycles. The fraction of sp³-hybridized carbons (Fsp3) is 0.524. The lowest BCUT2D eigenvalue weighted by Gasteiger charge is -2.25. The lowest BCUT2D eigenvalue weighted by molar-refractivity contribution is -0.00351. The van der Waals surface area contributed by atoms with E-state index in [1.807, 2.05) is 36.5 Å². The highest BCUT2D eigenvalue weighted by Crippen LogP contribution is 2.37. The van der Waals surface area contributed by atoms with Gasteiger partial charge in [0.15, 0.2) is 0 Å². The second-order valence-corrected chi connectivity index (χ2v) is 7.97. The van der Waals surface area contributed by atoms with Gasteiger partial charge in [-0.1, -0.05) is 49.2 Å². The van der Waals surface area contributed by atoms with Crippen LogP contribution in [0.15, 0.2) is 47.8 Å². The van der Waals surface area contributed by atoms with Crippen LogP contribution in [0.25, 0.3) is 0 Å². The smallest absolute Gasteiger partial charge is 0.0898 e. The summed E-state index contributed by atoms with van der Waals surface area (Å²) in [5.41, 5.74) is 1.14. The van der Waals surface area contributed by atoms with E-state index in [4.69, 9.17) is 4.74 Å². The molecule has 0 bridgehead atoms. The van der Waals surface area contributed by atoms with E-state index in [1.54, 1.807) is 0 Å². The summed E-state index contributed by atoms with van der Waals surface area (Å²) in [6, 6.07) is 14.8. The van der Waals surface area contributed by atoms with E-state index >= 15 is 0 Å². The predicted octanol–water partition coefficient (Wildman–Crippen LogP) is 5.13. The minimum absolute atomic E-state index is 0. The molecule has 1 aromatic heterocycles. The predicted molar refractivity (Wildman–Crippen MR) is 111 cm³/mol. The summed E-state index contributed by atoms with van der Waals surface area (Å²) in [7, 11) is 0. The van der Waals surface area contributed by atoms with Gasteiger partial charge in [0.2, 0.25) is 0 Å². The van der Waals surface area contributed by atoms with Crippen molar-refractivity contribution in [3.8, 4) is 0 Å². The third-order valence-corrected chi connectivity index (χ3v) is 6.06. The van der Waals surface area contributed by atoms with E-state index in [0.29, 0.717) is 25.1 Å². The standard InChI is InChI=1S/C21H29NO2S.ClH/c1-16(17-8-3-2-4-9-17)24-15-19(23)14-22-21(18-10-5-6-11-18)20-12-7-13-25-20;/h2-4,7-9,12-13,16,18-19,21-23H,5-6,10-11,14-15H2,1H3;1H. The van der Waals surface area contributed by atoms with Crippen LogP contribution in [0.4, 0.5) is 0 Å². The molecule has 0 radical (unpaired) electrons. The van der Waals surface area contributed by atoms with Crippen molar-refractivity contribution in [3.63, 3.8) is 0 Å². The van der Waals surface area contributed by atoms with Crippen molar-refractivity contribution >= 4 is 23.7 Å². The minimum Gasteiger partial charge on any atom is -0.389 e. The molecule has 3 unspecified atom stereocenters. The van der Waals surface area contributed by atoms with Gasteiger partial charge in [0.05, 0.1) is 18.8 Å². The molecule has 0 amide bonds. The highest BCUT2D eigenvalue weighted by molar-refractivity contribution is 7.10. The Labute approximate surface area is 167 Å². The number of hydrogen-bond acceptors (Lipinski definition) is 4. The quantitative estimate of drug-likeness (QED) is 0.618. The lowest BCUT2D eigenvalue weighted by atomic mass is 9.96. The zero-order valence-electron chi connectivity index (χ0n) is 15.3. The molecule has 0 saturated heterocycles. The van der Waals surface area contributed by atoms with Crippen LogP contribution < -0.4 is 5.32 Å². The number of rotatable bonds is 9. The largest absolute Gasteiger partial charge is 0.389 e.